The fourth-order valence-electron chi connectivity index (χ4n) is 2.06. The van der Waals surface area contributed by atoms with Crippen LogP contribution < -0.4 is 16.4 Å². The second-order valence-electron chi connectivity index (χ2n) is 5.33. The molecule has 5 nitrogen and oxygen atoms in total. The van der Waals surface area contributed by atoms with Crippen molar-refractivity contribution in [3.63, 3.8) is 0 Å². The van der Waals surface area contributed by atoms with Crippen LogP contribution in [-0.2, 0) is 4.79 Å². The first-order valence-electron chi connectivity index (χ1n) is 6.81. The van der Waals surface area contributed by atoms with E-state index in [2.05, 4.69) is 24.5 Å². The minimum Gasteiger partial charge on any atom is -0.351 e. The van der Waals surface area contributed by atoms with Crippen molar-refractivity contribution in [2.45, 2.75) is 39.3 Å². The van der Waals surface area contributed by atoms with Crippen LogP contribution in [0.2, 0.25) is 0 Å². The first-order valence-corrected chi connectivity index (χ1v) is 6.81. The molecule has 1 aromatic rings. The van der Waals surface area contributed by atoms with E-state index in [9.17, 15) is 9.59 Å². The molecule has 0 unspecified atom stereocenters. The number of hydrogen-bond acceptors (Lipinski definition) is 3. The number of hydrogen-bond donors (Lipinski definition) is 3. The number of rotatable bonds is 6. The number of primary amides is 1. The Bertz CT molecular complexity index is 446. The lowest BCUT2D eigenvalue weighted by molar-refractivity contribution is -0.121. The fraction of sp³-hybridized carbons (Fsp3) is 0.467. The van der Waals surface area contributed by atoms with Crippen molar-refractivity contribution in [1.82, 2.24) is 10.6 Å². The third-order valence-electron chi connectivity index (χ3n) is 3.00. The molecule has 4 N–H and O–H groups in total. The van der Waals surface area contributed by atoms with Crippen molar-refractivity contribution < 1.29 is 9.59 Å². The van der Waals surface area contributed by atoms with Crippen LogP contribution in [0.15, 0.2) is 30.3 Å². The van der Waals surface area contributed by atoms with Gasteiger partial charge in [0.05, 0.1) is 6.04 Å². The van der Waals surface area contributed by atoms with E-state index in [1.165, 1.54) is 0 Å². The average Bonchev–Trinajstić information content (AvgIpc) is 2.37. The predicted octanol–water partition coefficient (Wildman–Crippen LogP) is 1.95. The molecule has 110 valence electrons. The number of nitrogens with one attached hydrogen (secondary N) is 2. The number of urea groups is 1. The van der Waals surface area contributed by atoms with Gasteiger partial charge in [-0.05, 0) is 24.8 Å². The summed E-state index contributed by atoms with van der Waals surface area (Å²) >= 11 is 0. The van der Waals surface area contributed by atoms with Gasteiger partial charge in [-0.1, -0.05) is 44.2 Å². The lowest BCUT2D eigenvalue weighted by atomic mass is 9.96. The van der Waals surface area contributed by atoms with Gasteiger partial charge in [0.2, 0.25) is 5.91 Å². The van der Waals surface area contributed by atoms with Gasteiger partial charge in [-0.3, -0.25) is 15.4 Å². The standard InChI is InChI=1S/C15H23N3O2/c1-10(2)9-13(12-7-5-4-6-8-12)17-11(3)14(19)18-15(16)20/h4-8,10-11,13,17H,9H2,1-3H3,(H3,16,18,19,20)/t11-,13-/m0/s1. The van der Waals surface area contributed by atoms with Gasteiger partial charge in [0.1, 0.15) is 0 Å². The molecule has 20 heavy (non-hydrogen) atoms. The molecule has 1 rings (SSSR count). The van der Waals surface area contributed by atoms with Crippen LogP contribution in [0.1, 0.15) is 38.8 Å². The Hall–Kier alpha value is -1.88. The molecule has 5 heteroatoms. The first kappa shape index (κ1) is 16.2. The highest BCUT2D eigenvalue weighted by molar-refractivity contribution is 5.96. The van der Waals surface area contributed by atoms with Crippen molar-refractivity contribution in [2.75, 3.05) is 0 Å². The third kappa shape index (κ3) is 5.40. The van der Waals surface area contributed by atoms with Crippen LogP contribution in [0.25, 0.3) is 0 Å². The summed E-state index contributed by atoms with van der Waals surface area (Å²) in [6.45, 7) is 5.98. The van der Waals surface area contributed by atoms with Gasteiger partial charge >= 0.3 is 6.03 Å². The van der Waals surface area contributed by atoms with E-state index in [-0.39, 0.29) is 6.04 Å². The molecule has 0 fully saturated rings. The van der Waals surface area contributed by atoms with Gasteiger partial charge in [-0.25, -0.2) is 4.79 Å². The molecule has 0 saturated carbocycles. The summed E-state index contributed by atoms with van der Waals surface area (Å²) in [4.78, 5) is 22.4. The van der Waals surface area contributed by atoms with E-state index in [4.69, 9.17) is 5.73 Å². The largest absolute Gasteiger partial charge is 0.351 e. The van der Waals surface area contributed by atoms with E-state index in [0.717, 1.165) is 12.0 Å². The van der Waals surface area contributed by atoms with E-state index >= 15 is 0 Å². The maximum Gasteiger partial charge on any atom is 0.318 e. The number of nitrogens with two attached hydrogens (primary N) is 1. The second-order valence-corrected chi connectivity index (χ2v) is 5.33. The van der Waals surface area contributed by atoms with Gasteiger partial charge < -0.3 is 5.73 Å². The van der Waals surface area contributed by atoms with Crippen LogP contribution >= 0.6 is 0 Å². The summed E-state index contributed by atoms with van der Waals surface area (Å²) < 4.78 is 0. The van der Waals surface area contributed by atoms with Crippen LogP contribution in [0.5, 0.6) is 0 Å². The summed E-state index contributed by atoms with van der Waals surface area (Å²) in [6, 6.07) is 8.69. The van der Waals surface area contributed by atoms with E-state index in [1.807, 2.05) is 30.3 Å². The number of imide groups is 1. The Labute approximate surface area is 119 Å². The second kappa shape index (κ2) is 7.65. The zero-order chi connectivity index (χ0) is 15.1. The fourth-order valence-corrected chi connectivity index (χ4v) is 2.06. The van der Waals surface area contributed by atoms with Gasteiger partial charge in [0.25, 0.3) is 0 Å². The minimum atomic E-state index is -0.830. The zero-order valence-corrected chi connectivity index (χ0v) is 12.2. The molecule has 0 aliphatic rings. The Balaban J connectivity index is 2.75. The smallest absolute Gasteiger partial charge is 0.318 e. The summed E-state index contributed by atoms with van der Waals surface area (Å²) in [6.07, 6.45) is 0.901. The first-order chi connectivity index (χ1) is 9.40. The molecule has 3 amide bonds. The van der Waals surface area contributed by atoms with Gasteiger partial charge in [-0.15, -0.1) is 0 Å². The molecule has 0 radical (unpaired) electrons. The molecule has 0 aromatic heterocycles. The van der Waals surface area contributed by atoms with Crippen LogP contribution in [0.4, 0.5) is 4.79 Å². The van der Waals surface area contributed by atoms with Crippen molar-refractivity contribution >= 4 is 11.9 Å². The molecule has 0 saturated heterocycles. The molecule has 0 bridgehead atoms. The summed E-state index contributed by atoms with van der Waals surface area (Å²) in [5, 5.41) is 5.34. The molecule has 0 spiro atoms. The minimum absolute atomic E-state index is 0.0600. The van der Waals surface area contributed by atoms with Gasteiger partial charge in [-0.2, -0.15) is 0 Å². The quantitative estimate of drug-likeness (QED) is 0.743. The van der Waals surface area contributed by atoms with E-state index in [0.29, 0.717) is 5.92 Å². The monoisotopic (exact) mass is 277 g/mol. The number of amides is 3. The highest BCUT2D eigenvalue weighted by Gasteiger charge is 2.20. The summed E-state index contributed by atoms with van der Waals surface area (Å²) in [5.74, 6) is 0.0706. The zero-order valence-electron chi connectivity index (χ0n) is 12.2. The van der Waals surface area contributed by atoms with E-state index < -0.39 is 18.0 Å². The molecule has 0 aliphatic heterocycles. The highest BCUT2D eigenvalue weighted by atomic mass is 16.2. The van der Waals surface area contributed by atoms with Crippen molar-refractivity contribution in [3.05, 3.63) is 35.9 Å². The molecular formula is C15H23N3O2. The van der Waals surface area contributed by atoms with Crippen LogP contribution in [0, 0.1) is 5.92 Å². The Morgan fingerprint density at radius 3 is 2.25 bits per heavy atom. The topological polar surface area (TPSA) is 84.2 Å². The van der Waals surface area contributed by atoms with Crippen LogP contribution in [0.3, 0.4) is 0 Å². The van der Waals surface area contributed by atoms with Crippen molar-refractivity contribution in [3.8, 4) is 0 Å². The normalized spacial score (nSPS) is 13.8. The lowest BCUT2D eigenvalue weighted by Gasteiger charge is -2.24. The predicted molar refractivity (Wildman–Crippen MR) is 79.0 cm³/mol. The van der Waals surface area contributed by atoms with Crippen molar-refractivity contribution in [1.29, 1.82) is 0 Å². The Kier molecular flexibility index (Phi) is 6.18. The number of carbonyl (C=O) groups is 2. The number of carbonyl (C=O) groups excluding carboxylic acids is 2. The summed E-state index contributed by atoms with van der Waals surface area (Å²) in [7, 11) is 0. The molecule has 0 heterocycles. The molecule has 0 aliphatic carbocycles. The third-order valence-corrected chi connectivity index (χ3v) is 3.00. The van der Waals surface area contributed by atoms with E-state index in [1.54, 1.807) is 6.92 Å². The molecule has 2 atom stereocenters. The Morgan fingerprint density at radius 2 is 1.75 bits per heavy atom. The molecule has 1 aromatic carbocycles. The highest BCUT2D eigenvalue weighted by Crippen LogP contribution is 2.21. The average molecular weight is 277 g/mol. The van der Waals surface area contributed by atoms with Crippen LogP contribution in [-0.4, -0.2) is 18.0 Å². The van der Waals surface area contributed by atoms with Crippen molar-refractivity contribution in [2.24, 2.45) is 11.7 Å². The van der Waals surface area contributed by atoms with Gasteiger partial charge in [0, 0.05) is 6.04 Å². The summed E-state index contributed by atoms with van der Waals surface area (Å²) in [5.41, 5.74) is 6.08. The maximum atomic E-state index is 11.7. The SMILES string of the molecule is CC(C)C[C@H](N[C@@H](C)C(=O)NC(N)=O)c1ccccc1. The Morgan fingerprint density at radius 1 is 1.15 bits per heavy atom. The number of benzene rings is 1. The van der Waals surface area contributed by atoms with Gasteiger partial charge in [0.15, 0.2) is 0 Å². The lowest BCUT2D eigenvalue weighted by Crippen LogP contribution is -2.47. The maximum absolute atomic E-state index is 11.7. The molecular weight excluding hydrogens is 254 g/mol.